The summed E-state index contributed by atoms with van der Waals surface area (Å²) in [7, 11) is 0. The zero-order valence-corrected chi connectivity index (χ0v) is 15.4. The second kappa shape index (κ2) is 9.12. The van der Waals surface area contributed by atoms with Crippen LogP contribution in [-0.4, -0.2) is 41.7 Å². The molecule has 6 N–H and O–H groups in total. The average molecular weight is 358 g/mol. The van der Waals surface area contributed by atoms with Crippen LogP contribution in [0.1, 0.15) is 28.7 Å². The molecule has 0 fully saturated rings. The minimum absolute atomic E-state index is 0.148. The molecule has 1 atom stereocenters. The van der Waals surface area contributed by atoms with Gasteiger partial charge in [-0.05, 0) is 44.5 Å². The first-order chi connectivity index (χ1) is 12.4. The van der Waals surface area contributed by atoms with Gasteiger partial charge in [0, 0.05) is 24.9 Å². The molecule has 0 aliphatic carbocycles. The number of primary amides is 1. The fourth-order valence-electron chi connectivity index (χ4n) is 2.47. The summed E-state index contributed by atoms with van der Waals surface area (Å²) in [5.41, 5.74) is 14.7. The molecule has 0 saturated carbocycles. The van der Waals surface area contributed by atoms with Crippen molar-refractivity contribution >= 4 is 23.1 Å². The van der Waals surface area contributed by atoms with Gasteiger partial charge in [0.25, 0.3) is 5.91 Å². The number of nitrogens with two attached hydrogens (primary N) is 2. The predicted molar refractivity (Wildman–Crippen MR) is 103 cm³/mol. The lowest BCUT2D eigenvalue weighted by Gasteiger charge is -2.15. The number of anilines is 3. The molecular formula is C18H26N6O2. The summed E-state index contributed by atoms with van der Waals surface area (Å²) >= 11 is 0. The highest BCUT2D eigenvalue weighted by atomic mass is 16.5. The first kappa shape index (κ1) is 19.6. The van der Waals surface area contributed by atoms with Crippen molar-refractivity contribution in [3.05, 3.63) is 41.3 Å². The Morgan fingerprint density at radius 1 is 1.31 bits per heavy atom. The average Bonchev–Trinajstić information content (AvgIpc) is 2.57. The van der Waals surface area contributed by atoms with Gasteiger partial charge in [-0.15, -0.1) is 0 Å². The van der Waals surface area contributed by atoms with E-state index >= 15 is 0 Å². The minimum atomic E-state index is -0.614. The van der Waals surface area contributed by atoms with Gasteiger partial charge in [-0.1, -0.05) is 0 Å². The number of aryl methyl sites for hydroxylation is 2. The van der Waals surface area contributed by atoms with Crippen molar-refractivity contribution < 1.29 is 9.53 Å². The molecule has 140 valence electrons. The fraction of sp³-hybridized carbons (Fsp3) is 0.389. The van der Waals surface area contributed by atoms with E-state index in [0.717, 1.165) is 11.3 Å². The third kappa shape index (κ3) is 5.68. The van der Waals surface area contributed by atoms with Crippen LogP contribution in [0, 0.1) is 13.8 Å². The van der Waals surface area contributed by atoms with E-state index in [1.165, 1.54) is 0 Å². The molecule has 2 heterocycles. The Morgan fingerprint density at radius 2 is 2.08 bits per heavy atom. The smallest absolute Gasteiger partial charge is 0.269 e. The van der Waals surface area contributed by atoms with Crippen molar-refractivity contribution in [2.24, 2.45) is 11.5 Å². The summed E-state index contributed by atoms with van der Waals surface area (Å²) in [6.45, 7) is 7.41. The number of pyridine rings is 2. The van der Waals surface area contributed by atoms with Gasteiger partial charge in [-0.3, -0.25) is 4.79 Å². The Balaban J connectivity index is 2.18. The second-order valence-electron chi connectivity index (χ2n) is 6.08. The Labute approximate surface area is 153 Å². The first-order valence-electron chi connectivity index (χ1n) is 8.48. The number of carbonyl (C=O) groups is 1. The van der Waals surface area contributed by atoms with Crippen molar-refractivity contribution in [3.8, 4) is 0 Å². The summed E-state index contributed by atoms with van der Waals surface area (Å²) in [5, 5.41) is 6.32. The van der Waals surface area contributed by atoms with Crippen LogP contribution in [0.15, 0.2) is 24.4 Å². The molecule has 26 heavy (non-hydrogen) atoms. The number of hydrogen-bond acceptors (Lipinski definition) is 7. The van der Waals surface area contributed by atoms with Gasteiger partial charge in [0.2, 0.25) is 0 Å². The van der Waals surface area contributed by atoms with Crippen LogP contribution in [0.3, 0.4) is 0 Å². The van der Waals surface area contributed by atoms with Gasteiger partial charge >= 0.3 is 0 Å². The van der Waals surface area contributed by atoms with Crippen molar-refractivity contribution in [2.75, 3.05) is 30.4 Å². The minimum Gasteiger partial charge on any atom is -0.382 e. The van der Waals surface area contributed by atoms with Crippen molar-refractivity contribution in [3.63, 3.8) is 0 Å². The van der Waals surface area contributed by atoms with E-state index in [-0.39, 0.29) is 11.7 Å². The highest BCUT2D eigenvalue weighted by Crippen LogP contribution is 2.22. The molecule has 0 radical (unpaired) electrons. The van der Waals surface area contributed by atoms with Crippen molar-refractivity contribution in [1.29, 1.82) is 0 Å². The van der Waals surface area contributed by atoms with Gasteiger partial charge in [0.15, 0.2) is 5.69 Å². The van der Waals surface area contributed by atoms with E-state index in [4.69, 9.17) is 16.2 Å². The normalized spacial score (nSPS) is 11.8. The molecule has 0 saturated heterocycles. The maximum absolute atomic E-state index is 11.7. The molecule has 0 aliphatic rings. The first-order valence-corrected chi connectivity index (χ1v) is 8.48. The molecule has 0 aliphatic heterocycles. The Kier molecular flexibility index (Phi) is 6.88. The molecule has 8 nitrogen and oxygen atoms in total. The highest BCUT2D eigenvalue weighted by Gasteiger charge is 2.13. The van der Waals surface area contributed by atoms with E-state index < -0.39 is 5.91 Å². The number of hydrogen-bond donors (Lipinski definition) is 4. The number of rotatable bonds is 9. The number of nitrogens with zero attached hydrogens (tertiary/aromatic N) is 2. The van der Waals surface area contributed by atoms with E-state index in [1.807, 2.05) is 32.9 Å². The van der Waals surface area contributed by atoms with Crippen molar-refractivity contribution in [1.82, 2.24) is 9.97 Å². The molecule has 1 amide bonds. The van der Waals surface area contributed by atoms with Gasteiger partial charge in [0.1, 0.15) is 5.82 Å². The lowest BCUT2D eigenvalue weighted by Crippen LogP contribution is -2.33. The molecule has 1 unspecified atom stereocenters. The van der Waals surface area contributed by atoms with Crippen LogP contribution in [0.4, 0.5) is 17.2 Å². The maximum atomic E-state index is 11.7. The van der Waals surface area contributed by atoms with Crippen LogP contribution in [0.5, 0.6) is 0 Å². The van der Waals surface area contributed by atoms with E-state index in [1.54, 1.807) is 12.3 Å². The van der Waals surface area contributed by atoms with Crippen LogP contribution in [-0.2, 0) is 4.74 Å². The third-order valence-electron chi connectivity index (χ3n) is 3.59. The van der Waals surface area contributed by atoms with Gasteiger partial charge in [0.05, 0.1) is 24.2 Å². The van der Waals surface area contributed by atoms with Crippen LogP contribution < -0.4 is 22.1 Å². The Hall–Kier alpha value is -2.71. The topological polar surface area (TPSA) is 128 Å². The zero-order valence-electron chi connectivity index (χ0n) is 15.4. The van der Waals surface area contributed by atoms with Gasteiger partial charge in [-0.25, -0.2) is 9.97 Å². The Bertz CT molecular complexity index is 745. The third-order valence-corrected chi connectivity index (χ3v) is 3.59. The largest absolute Gasteiger partial charge is 0.382 e. The van der Waals surface area contributed by atoms with Gasteiger partial charge < -0.3 is 26.8 Å². The molecule has 2 rings (SSSR count). The number of nitrogens with one attached hydrogen (secondary N) is 2. The number of carbonyl (C=O) groups excluding carboxylic acids is 1. The fourth-order valence-corrected chi connectivity index (χ4v) is 2.47. The molecule has 0 bridgehead atoms. The zero-order chi connectivity index (χ0) is 19.1. The predicted octanol–water partition coefficient (Wildman–Crippen LogP) is 1.71. The van der Waals surface area contributed by atoms with E-state index in [0.29, 0.717) is 37.0 Å². The van der Waals surface area contributed by atoms with Crippen LogP contribution in [0.25, 0.3) is 0 Å². The molecule has 2 aromatic rings. The standard InChI is InChI=1S/C18H26N6O2/c1-4-26-10-13(19)8-21-14-7-15(17(18(20)25)22-9-14)24-16-6-11(2)5-12(3)23-16/h5-7,9,13,21H,4,8,10,19H2,1-3H3,(H2,20,25)(H,23,24). The van der Waals surface area contributed by atoms with Crippen molar-refractivity contribution in [2.45, 2.75) is 26.8 Å². The molecule has 0 aromatic carbocycles. The lowest BCUT2D eigenvalue weighted by molar-refractivity contribution is 0.0996. The van der Waals surface area contributed by atoms with Crippen LogP contribution in [0.2, 0.25) is 0 Å². The molecular weight excluding hydrogens is 332 g/mol. The Morgan fingerprint density at radius 3 is 2.73 bits per heavy atom. The quantitative estimate of drug-likeness (QED) is 0.537. The molecule has 0 spiro atoms. The van der Waals surface area contributed by atoms with Crippen LogP contribution >= 0.6 is 0 Å². The summed E-state index contributed by atoms with van der Waals surface area (Å²) in [6.07, 6.45) is 1.55. The van der Waals surface area contributed by atoms with E-state index in [9.17, 15) is 4.79 Å². The SMILES string of the molecule is CCOCC(N)CNc1cnc(C(N)=O)c(Nc2cc(C)cc(C)n2)c1. The number of aromatic nitrogens is 2. The molecule has 2 aromatic heterocycles. The summed E-state index contributed by atoms with van der Waals surface area (Å²) < 4.78 is 5.30. The lowest BCUT2D eigenvalue weighted by atomic mass is 10.2. The summed E-state index contributed by atoms with van der Waals surface area (Å²) in [4.78, 5) is 20.3. The highest BCUT2D eigenvalue weighted by molar-refractivity contribution is 5.97. The molecule has 8 heteroatoms. The summed E-state index contributed by atoms with van der Waals surface area (Å²) in [6, 6.07) is 5.47. The maximum Gasteiger partial charge on any atom is 0.269 e. The monoisotopic (exact) mass is 358 g/mol. The van der Waals surface area contributed by atoms with Gasteiger partial charge in [-0.2, -0.15) is 0 Å². The summed E-state index contributed by atoms with van der Waals surface area (Å²) in [5.74, 6) is 0.00784. The number of ether oxygens (including phenoxy) is 1. The number of amides is 1. The van der Waals surface area contributed by atoms with E-state index in [2.05, 4.69) is 20.6 Å². The second-order valence-corrected chi connectivity index (χ2v) is 6.08.